The van der Waals surface area contributed by atoms with E-state index in [-0.39, 0.29) is 6.54 Å². The van der Waals surface area contributed by atoms with Gasteiger partial charge in [0.05, 0.1) is 12.6 Å². The lowest BCUT2D eigenvalue weighted by Gasteiger charge is -2.17. The Kier molecular flexibility index (Phi) is 4.18. The number of rotatable bonds is 4. The van der Waals surface area contributed by atoms with Crippen molar-refractivity contribution < 1.29 is 9.90 Å². The predicted molar refractivity (Wildman–Crippen MR) is 68.2 cm³/mol. The molecule has 0 bridgehead atoms. The summed E-state index contributed by atoms with van der Waals surface area (Å²) in [5.41, 5.74) is 0.589. The highest BCUT2D eigenvalue weighted by atomic mass is 35.5. The van der Waals surface area contributed by atoms with Crippen molar-refractivity contribution >= 4 is 29.3 Å². The van der Waals surface area contributed by atoms with Gasteiger partial charge in [0, 0.05) is 10.0 Å². The number of aromatic nitrogens is 4. The van der Waals surface area contributed by atoms with Gasteiger partial charge in [0.15, 0.2) is 6.33 Å². The number of benzene rings is 1. The molecule has 2 N–H and O–H groups in total. The van der Waals surface area contributed by atoms with Crippen LogP contribution < -0.4 is 5.32 Å². The van der Waals surface area contributed by atoms with E-state index in [1.54, 1.807) is 18.2 Å². The molecule has 19 heavy (non-hydrogen) atoms. The van der Waals surface area contributed by atoms with Crippen LogP contribution in [0.4, 0.5) is 4.79 Å². The van der Waals surface area contributed by atoms with E-state index in [0.29, 0.717) is 15.6 Å². The molecule has 0 aliphatic carbocycles. The number of nitrogens with zero attached hydrogens (tertiary/aromatic N) is 4. The standard InChI is InChI=1S/C10H9Cl2N5O2/c11-6-1-2-7(8(12)3-6)9(15-10(18)19)4-17-14-5-13-16-17/h1-3,5,9,15H,4H2,(H,18,19). The van der Waals surface area contributed by atoms with Gasteiger partial charge in [-0.05, 0) is 22.9 Å². The molecule has 9 heteroatoms. The van der Waals surface area contributed by atoms with Crippen LogP contribution in [0.15, 0.2) is 24.5 Å². The minimum Gasteiger partial charge on any atom is -0.465 e. The first kappa shape index (κ1) is 13.6. The quantitative estimate of drug-likeness (QED) is 0.901. The first-order valence-electron chi connectivity index (χ1n) is 5.21. The second-order valence-corrected chi connectivity index (χ2v) is 4.50. The molecule has 1 atom stereocenters. The van der Waals surface area contributed by atoms with Crippen LogP contribution in [0.5, 0.6) is 0 Å². The minimum absolute atomic E-state index is 0.174. The van der Waals surface area contributed by atoms with E-state index in [2.05, 4.69) is 20.7 Å². The second kappa shape index (κ2) is 5.85. The number of carboxylic acid groups (broad SMARTS) is 1. The van der Waals surface area contributed by atoms with Crippen LogP contribution in [0.25, 0.3) is 0 Å². The van der Waals surface area contributed by atoms with Gasteiger partial charge in [-0.25, -0.2) is 4.79 Å². The van der Waals surface area contributed by atoms with Crippen molar-refractivity contribution in [2.45, 2.75) is 12.6 Å². The number of carbonyl (C=O) groups is 1. The van der Waals surface area contributed by atoms with Crippen LogP contribution in [-0.4, -0.2) is 31.4 Å². The Balaban J connectivity index is 2.28. The summed E-state index contributed by atoms with van der Waals surface area (Å²) in [7, 11) is 0. The summed E-state index contributed by atoms with van der Waals surface area (Å²) in [6, 6.07) is 4.23. The largest absolute Gasteiger partial charge is 0.465 e. The van der Waals surface area contributed by atoms with Gasteiger partial charge in [-0.2, -0.15) is 4.80 Å². The average Bonchev–Trinajstić information content (AvgIpc) is 2.80. The highest BCUT2D eigenvalue weighted by Gasteiger charge is 2.18. The summed E-state index contributed by atoms with van der Waals surface area (Å²) in [6.45, 7) is 0.174. The number of halogens is 2. The van der Waals surface area contributed by atoms with Crippen LogP contribution in [0.2, 0.25) is 10.0 Å². The molecule has 2 aromatic rings. The molecule has 0 radical (unpaired) electrons. The van der Waals surface area contributed by atoms with Crippen molar-refractivity contribution in [2.24, 2.45) is 0 Å². The highest BCUT2D eigenvalue weighted by molar-refractivity contribution is 6.35. The number of hydrogen-bond donors (Lipinski definition) is 2. The lowest BCUT2D eigenvalue weighted by Crippen LogP contribution is -2.31. The maximum atomic E-state index is 10.8. The molecule has 0 aliphatic rings. The Morgan fingerprint density at radius 1 is 1.47 bits per heavy atom. The van der Waals surface area contributed by atoms with Crippen molar-refractivity contribution in [3.05, 3.63) is 40.1 Å². The number of tetrazole rings is 1. The van der Waals surface area contributed by atoms with Crippen LogP contribution in [0.1, 0.15) is 11.6 Å². The first-order chi connectivity index (χ1) is 9.06. The van der Waals surface area contributed by atoms with Crippen LogP contribution in [0.3, 0.4) is 0 Å². The molecule has 0 spiro atoms. The van der Waals surface area contributed by atoms with Gasteiger partial charge in [-0.15, -0.1) is 10.2 Å². The van der Waals surface area contributed by atoms with E-state index in [0.717, 1.165) is 0 Å². The zero-order valence-corrected chi connectivity index (χ0v) is 11.0. The van der Waals surface area contributed by atoms with E-state index >= 15 is 0 Å². The van der Waals surface area contributed by atoms with Gasteiger partial charge in [-0.1, -0.05) is 29.3 Å². The minimum atomic E-state index is -1.17. The van der Waals surface area contributed by atoms with Gasteiger partial charge in [0.25, 0.3) is 0 Å². The molecule has 1 heterocycles. The van der Waals surface area contributed by atoms with E-state index in [4.69, 9.17) is 28.3 Å². The van der Waals surface area contributed by atoms with Gasteiger partial charge in [0.1, 0.15) is 0 Å². The van der Waals surface area contributed by atoms with E-state index < -0.39 is 12.1 Å². The Labute approximate surface area is 118 Å². The molecule has 1 unspecified atom stereocenters. The number of hydrogen-bond acceptors (Lipinski definition) is 4. The Hall–Kier alpha value is -1.86. The summed E-state index contributed by atoms with van der Waals surface area (Å²) in [4.78, 5) is 12.1. The molecule has 1 amide bonds. The predicted octanol–water partition coefficient (Wildman–Crippen LogP) is 1.99. The van der Waals surface area contributed by atoms with Gasteiger partial charge in [-0.3, -0.25) is 0 Å². The third kappa shape index (κ3) is 3.55. The average molecular weight is 302 g/mol. The summed E-state index contributed by atoms with van der Waals surface area (Å²) in [5, 5.41) is 23.1. The maximum absolute atomic E-state index is 10.8. The number of amides is 1. The Bertz CT molecular complexity index is 575. The molecule has 100 valence electrons. The van der Waals surface area contributed by atoms with E-state index in [1.165, 1.54) is 11.1 Å². The van der Waals surface area contributed by atoms with Crippen molar-refractivity contribution in [3.63, 3.8) is 0 Å². The molecule has 1 aromatic carbocycles. The highest BCUT2D eigenvalue weighted by Crippen LogP contribution is 2.27. The zero-order valence-electron chi connectivity index (χ0n) is 9.49. The summed E-state index contributed by atoms with van der Waals surface area (Å²) in [6.07, 6.45) is 0.0949. The maximum Gasteiger partial charge on any atom is 0.405 e. The molecule has 1 aromatic heterocycles. The van der Waals surface area contributed by atoms with Gasteiger partial charge >= 0.3 is 6.09 Å². The van der Waals surface area contributed by atoms with E-state index in [9.17, 15) is 4.79 Å². The molecule has 0 saturated carbocycles. The topological polar surface area (TPSA) is 92.9 Å². The Morgan fingerprint density at radius 2 is 2.26 bits per heavy atom. The molecule has 0 aliphatic heterocycles. The normalized spacial score (nSPS) is 12.1. The molecule has 0 fully saturated rings. The van der Waals surface area contributed by atoms with Gasteiger partial charge in [0.2, 0.25) is 0 Å². The smallest absolute Gasteiger partial charge is 0.405 e. The van der Waals surface area contributed by atoms with Crippen LogP contribution >= 0.6 is 23.2 Å². The number of nitrogens with one attached hydrogen (secondary N) is 1. The molecular weight excluding hydrogens is 293 g/mol. The molecule has 7 nitrogen and oxygen atoms in total. The SMILES string of the molecule is O=C(O)NC(Cn1ncnn1)c1ccc(Cl)cc1Cl. The summed E-state index contributed by atoms with van der Waals surface area (Å²) in [5.74, 6) is 0. The second-order valence-electron chi connectivity index (χ2n) is 3.66. The zero-order chi connectivity index (χ0) is 13.8. The van der Waals surface area contributed by atoms with Gasteiger partial charge < -0.3 is 10.4 Å². The fourth-order valence-corrected chi connectivity index (χ4v) is 2.13. The molecule has 0 saturated heterocycles. The fraction of sp³-hybridized carbons (Fsp3) is 0.200. The van der Waals surface area contributed by atoms with Crippen LogP contribution in [0, 0.1) is 0 Å². The van der Waals surface area contributed by atoms with Crippen molar-refractivity contribution in [3.8, 4) is 0 Å². The molecular formula is C10H9Cl2N5O2. The summed E-state index contributed by atoms with van der Waals surface area (Å²) >= 11 is 11.9. The van der Waals surface area contributed by atoms with Crippen molar-refractivity contribution in [2.75, 3.05) is 0 Å². The Morgan fingerprint density at radius 3 is 2.84 bits per heavy atom. The van der Waals surface area contributed by atoms with Crippen LogP contribution in [-0.2, 0) is 6.54 Å². The van der Waals surface area contributed by atoms with Crippen molar-refractivity contribution in [1.82, 2.24) is 25.5 Å². The first-order valence-corrected chi connectivity index (χ1v) is 5.97. The van der Waals surface area contributed by atoms with E-state index in [1.807, 2.05) is 0 Å². The van der Waals surface area contributed by atoms with Crippen molar-refractivity contribution in [1.29, 1.82) is 0 Å². The summed E-state index contributed by atoms with van der Waals surface area (Å²) < 4.78 is 0. The third-order valence-corrected chi connectivity index (χ3v) is 2.94. The lowest BCUT2D eigenvalue weighted by atomic mass is 10.1. The third-order valence-electron chi connectivity index (χ3n) is 2.37. The fourth-order valence-electron chi connectivity index (χ4n) is 1.59. The lowest BCUT2D eigenvalue weighted by molar-refractivity contribution is 0.187. The molecule has 2 rings (SSSR count). The monoisotopic (exact) mass is 301 g/mol.